The van der Waals surface area contributed by atoms with E-state index in [0.717, 1.165) is 44.7 Å². The van der Waals surface area contributed by atoms with Crippen molar-refractivity contribution in [2.45, 2.75) is 0 Å². The molecule has 40 heavy (non-hydrogen) atoms. The van der Waals surface area contributed by atoms with Gasteiger partial charge < -0.3 is 9.80 Å². The average molecular weight is 536 g/mol. The predicted octanol–water partition coefficient (Wildman–Crippen LogP) is 9.40. The van der Waals surface area contributed by atoms with E-state index in [-0.39, 0.29) is 0 Å². The number of rotatable bonds is 8. The second-order valence-corrected chi connectivity index (χ2v) is 11.0. The Morgan fingerprint density at radius 1 is 0.300 bits per heavy atom. The van der Waals surface area contributed by atoms with E-state index in [1.54, 1.807) is 0 Å². The molecule has 0 unspecified atom stereocenters. The number of benzene rings is 6. The van der Waals surface area contributed by atoms with E-state index in [1.807, 2.05) is 121 Å². The summed E-state index contributed by atoms with van der Waals surface area (Å²) in [6.45, 7) is 0. The fourth-order valence-electron chi connectivity index (χ4n) is 4.83. The molecule has 1 radical (unpaired) electrons. The van der Waals surface area contributed by atoms with Crippen molar-refractivity contribution in [1.29, 1.82) is 0 Å². The summed E-state index contributed by atoms with van der Waals surface area (Å²) >= 11 is 0. The van der Waals surface area contributed by atoms with E-state index in [0.29, 0.717) is 0 Å². The minimum atomic E-state index is -1.74. The van der Waals surface area contributed by atoms with Gasteiger partial charge in [-0.05, 0) is 97.1 Å². The Morgan fingerprint density at radius 3 is 0.775 bits per heavy atom. The van der Waals surface area contributed by atoms with Crippen molar-refractivity contribution in [2.24, 2.45) is 0 Å². The highest BCUT2D eigenvalue weighted by Crippen LogP contribution is 2.36. The summed E-state index contributed by atoms with van der Waals surface area (Å²) in [6, 6.07) is 57.2. The van der Waals surface area contributed by atoms with Crippen molar-refractivity contribution < 1.29 is 4.57 Å². The molecule has 0 saturated carbocycles. The van der Waals surface area contributed by atoms with Crippen LogP contribution in [0.2, 0.25) is 0 Å². The fraction of sp³-hybridized carbons (Fsp3) is 0. The molecule has 0 atom stereocenters. The van der Waals surface area contributed by atoms with Gasteiger partial charge in [-0.25, -0.2) is 0 Å². The maximum atomic E-state index is 13.6. The third-order valence-corrected chi connectivity index (χ3v) is 8.28. The van der Waals surface area contributed by atoms with Crippen LogP contribution in [0.5, 0.6) is 0 Å². The molecule has 3 nitrogen and oxygen atoms in total. The lowest BCUT2D eigenvalue weighted by Crippen LogP contribution is -2.13. The maximum absolute atomic E-state index is 13.6. The van der Waals surface area contributed by atoms with E-state index in [1.165, 1.54) is 0 Å². The Balaban J connectivity index is 1.27. The average Bonchev–Trinajstić information content (AvgIpc) is 3.04. The van der Waals surface area contributed by atoms with Gasteiger partial charge in [-0.1, -0.05) is 72.8 Å². The first-order chi connectivity index (χ1) is 19.8. The van der Waals surface area contributed by atoms with Gasteiger partial charge in [0, 0.05) is 44.7 Å². The van der Waals surface area contributed by atoms with Crippen LogP contribution in [0.15, 0.2) is 170 Å². The Hall–Kier alpha value is -4.98. The number of nitrogens with zero attached hydrogens (tertiary/aromatic N) is 2. The Kier molecular flexibility index (Phi) is 7.48. The van der Waals surface area contributed by atoms with E-state index >= 15 is 0 Å². The number of hydrogen-bond acceptors (Lipinski definition) is 3. The Bertz CT molecular complexity index is 1470. The van der Waals surface area contributed by atoms with Crippen LogP contribution in [-0.4, -0.2) is 0 Å². The molecule has 0 saturated heterocycles. The molecule has 193 valence electrons. The molecule has 6 aromatic carbocycles. The molecule has 0 bridgehead atoms. The van der Waals surface area contributed by atoms with Crippen LogP contribution >= 0.6 is 7.80 Å². The predicted molar refractivity (Wildman–Crippen MR) is 169 cm³/mol. The van der Waals surface area contributed by atoms with Gasteiger partial charge in [-0.2, -0.15) is 0 Å². The molecule has 0 aromatic heterocycles. The molecule has 4 heteroatoms. The van der Waals surface area contributed by atoms with Gasteiger partial charge in [-0.15, -0.1) is 0 Å². The molecule has 0 aliphatic rings. The molecule has 0 N–H and O–H groups in total. The molecule has 0 aliphatic carbocycles. The second kappa shape index (κ2) is 11.8. The molecule has 0 fully saturated rings. The summed E-state index contributed by atoms with van der Waals surface area (Å²) in [6.07, 6.45) is 0. The van der Waals surface area contributed by atoms with E-state index in [4.69, 9.17) is 0 Å². The van der Waals surface area contributed by atoms with E-state index in [2.05, 4.69) is 58.3 Å². The lowest BCUT2D eigenvalue weighted by Gasteiger charge is -2.25. The first-order valence-corrected chi connectivity index (χ1v) is 14.5. The van der Waals surface area contributed by atoms with Crippen molar-refractivity contribution >= 4 is 52.5 Å². The molecule has 0 spiro atoms. The van der Waals surface area contributed by atoms with Crippen LogP contribution in [-0.2, 0) is 4.57 Å². The van der Waals surface area contributed by atoms with Crippen LogP contribution in [0.1, 0.15) is 0 Å². The second-order valence-electron chi connectivity index (χ2n) is 9.34. The monoisotopic (exact) mass is 535 g/mol. The third kappa shape index (κ3) is 5.42. The number of anilines is 6. The number of para-hydroxylation sites is 4. The number of hydrogen-bond donors (Lipinski definition) is 0. The molecule has 0 heterocycles. The summed E-state index contributed by atoms with van der Waals surface area (Å²) in [5.41, 5.74) is 6.32. The largest absolute Gasteiger partial charge is 0.311 e. The van der Waals surface area contributed by atoms with Crippen molar-refractivity contribution in [3.63, 3.8) is 0 Å². The summed E-state index contributed by atoms with van der Waals surface area (Å²) in [4.78, 5) is 4.40. The highest BCUT2D eigenvalue weighted by Gasteiger charge is 2.16. The molecule has 6 aromatic rings. The zero-order valence-electron chi connectivity index (χ0n) is 21.9. The van der Waals surface area contributed by atoms with Gasteiger partial charge in [-0.3, -0.25) is 4.57 Å². The normalized spacial score (nSPS) is 10.6. The van der Waals surface area contributed by atoms with Gasteiger partial charge in [0.15, 0.2) is 0 Å². The Labute approximate surface area is 236 Å². The topological polar surface area (TPSA) is 23.6 Å². The van der Waals surface area contributed by atoms with Crippen LogP contribution in [0.3, 0.4) is 0 Å². The van der Waals surface area contributed by atoms with Crippen LogP contribution in [0.4, 0.5) is 34.1 Å². The summed E-state index contributed by atoms with van der Waals surface area (Å²) in [5.74, 6) is 0. The van der Waals surface area contributed by atoms with E-state index < -0.39 is 7.80 Å². The van der Waals surface area contributed by atoms with Gasteiger partial charge in [0.05, 0.1) is 0 Å². The highest BCUT2D eigenvalue weighted by atomic mass is 31.1. The van der Waals surface area contributed by atoms with Gasteiger partial charge in [0.2, 0.25) is 0 Å². The van der Waals surface area contributed by atoms with Crippen LogP contribution < -0.4 is 20.4 Å². The standard InChI is InChI=1S/C36H28N2OP/c39-40(35-25-21-33(22-26-35)37(29-13-5-1-6-14-29)30-15-7-2-8-16-30)36-27-23-34(24-28-36)38(31-17-9-3-10-18-31)32-19-11-4-12-20-32/h1-28H. The zero-order chi connectivity index (χ0) is 27.1. The fourth-order valence-corrected chi connectivity index (χ4v) is 5.96. The van der Waals surface area contributed by atoms with Gasteiger partial charge in [0.25, 0.3) is 0 Å². The summed E-state index contributed by atoms with van der Waals surface area (Å²) < 4.78 is 13.6. The molecular formula is C36H28N2OP. The van der Waals surface area contributed by atoms with E-state index in [9.17, 15) is 4.57 Å². The van der Waals surface area contributed by atoms with Crippen LogP contribution in [0, 0.1) is 0 Å². The smallest absolute Gasteiger partial charge is 0.136 e. The lowest BCUT2D eigenvalue weighted by atomic mass is 10.2. The van der Waals surface area contributed by atoms with Gasteiger partial charge >= 0.3 is 0 Å². The van der Waals surface area contributed by atoms with Crippen molar-refractivity contribution in [1.82, 2.24) is 0 Å². The first kappa shape index (κ1) is 25.3. The van der Waals surface area contributed by atoms with Crippen molar-refractivity contribution in [3.8, 4) is 0 Å². The molecule has 0 aliphatic heterocycles. The zero-order valence-corrected chi connectivity index (χ0v) is 22.8. The molecule has 6 rings (SSSR count). The van der Waals surface area contributed by atoms with Gasteiger partial charge in [0.1, 0.15) is 7.80 Å². The minimum absolute atomic E-state index is 0.801. The maximum Gasteiger partial charge on any atom is 0.136 e. The highest BCUT2D eigenvalue weighted by molar-refractivity contribution is 7.61. The first-order valence-electron chi connectivity index (χ1n) is 13.3. The van der Waals surface area contributed by atoms with Crippen molar-refractivity contribution in [2.75, 3.05) is 9.80 Å². The minimum Gasteiger partial charge on any atom is -0.311 e. The lowest BCUT2D eigenvalue weighted by molar-refractivity contribution is 0.598. The molecule has 0 amide bonds. The SMILES string of the molecule is O=[P](c1ccc(N(c2ccccc2)c2ccccc2)cc1)c1ccc(N(c2ccccc2)c2ccccc2)cc1. The Morgan fingerprint density at radius 2 is 0.525 bits per heavy atom. The summed E-state index contributed by atoms with van der Waals surface area (Å²) in [5, 5.41) is 1.60. The quantitative estimate of drug-likeness (QED) is 0.181. The summed E-state index contributed by atoms with van der Waals surface area (Å²) in [7, 11) is -1.74. The third-order valence-electron chi connectivity index (χ3n) is 6.74. The van der Waals surface area contributed by atoms with Crippen molar-refractivity contribution in [3.05, 3.63) is 170 Å². The molecular weight excluding hydrogens is 507 g/mol. The van der Waals surface area contributed by atoms with Crippen LogP contribution in [0.25, 0.3) is 0 Å².